The summed E-state index contributed by atoms with van der Waals surface area (Å²) in [6.45, 7) is 1.73. The highest BCUT2D eigenvalue weighted by molar-refractivity contribution is 9.10. The molecule has 2 N–H and O–H groups in total. The zero-order chi connectivity index (χ0) is 15.6. The van der Waals surface area contributed by atoms with Crippen LogP contribution in [-0.4, -0.2) is 46.9 Å². The molecule has 0 fully saturated rings. The fourth-order valence-electron chi connectivity index (χ4n) is 2.03. The molecule has 112 valence electrons. The van der Waals surface area contributed by atoms with Gasteiger partial charge in [-0.1, -0.05) is 15.9 Å². The van der Waals surface area contributed by atoms with Crippen LogP contribution in [0.25, 0.3) is 0 Å². The van der Waals surface area contributed by atoms with Gasteiger partial charge in [0.25, 0.3) is 11.8 Å². The number of aliphatic hydroxyl groups is 1. The third-order valence-corrected chi connectivity index (χ3v) is 3.58. The minimum atomic E-state index is -0.634. The van der Waals surface area contributed by atoms with Gasteiger partial charge in [-0.2, -0.15) is 0 Å². The first kappa shape index (κ1) is 15.7. The Hall–Kier alpha value is -1.73. The number of aliphatic hydroxyl groups excluding tert-OH is 1. The smallest absolute Gasteiger partial charge is 0.261 e. The topological polar surface area (TPSA) is 86.7 Å². The number of benzene rings is 1. The number of imide groups is 1. The molecule has 1 aliphatic rings. The number of rotatable bonds is 5. The average Bonchev–Trinajstić information content (AvgIpc) is 2.66. The Kier molecular flexibility index (Phi) is 4.74. The maximum Gasteiger partial charge on any atom is 0.261 e. The Morgan fingerprint density at radius 2 is 2.00 bits per heavy atom. The Labute approximate surface area is 130 Å². The van der Waals surface area contributed by atoms with Gasteiger partial charge in [0.05, 0.1) is 17.2 Å². The summed E-state index contributed by atoms with van der Waals surface area (Å²) in [6, 6.07) is 4.89. The molecule has 1 aliphatic heterocycles. The molecule has 3 amide bonds. The van der Waals surface area contributed by atoms with Crippen LogP contribution >= 0.6 is 15.9 Å². The molecule has 0 aromatic heterocycles. The highest BCUT2D eigenvalue weighted by Gasteiger charge is 2.35. The quantitative estimate of drug-likeness (QED) is 0.770. The third-order valence-electron chi connectivity index (χ3n) is 3.09. The zero-order valence-electron chi connectivity index (χ0n) is 11.4. The first-order chi connectivity index (χ1) is 9.90. The van der Waals surface area contributed by atoms with E-state index >= 15 is 0 Å². The van der Waals surface area contributed by atoms with Gasteiger partial charge in [-0.15, -0.1) is 0 Å². The van der Waals surface area contributed by atoms with Gasteiger partial charge in [-0.3, -0.25) is 19.3 Å². The van der Waals surface area contributed by atoms with Gasteiger partial charge >= 0.3 is 0 Å². The fraction of sp³-hybridized carbons (Fsp3) is 0.357. The van der Waals surface area contributed by atoms with Crippen molar-refractivity contribution in [1.82, 2.24) is 10.2 Å². The second-order valence-electron chi connectivity index (χ2n) is 4.85. The molecule has 0 saturated carbocycles. The van der Waals surface area contributed by atoms with E-state index in [2.05, 4.69) is 21.2 Å². The van der Waals surface area contributed by atoms with Crippen molar-refractivity contribution in [1.29, 1.82) is 0 Å². The normalized spacial score (nSPS) is 15.1. The summed E-state index contributed by atoms with van der Waals surface area (Å²) in [4.78, 5) is 36.9. The minimum absolute atomic E-state index is 0.0133. The number of carbonyl (C=O) groups is 3. The summed E-state index contributed by atoms with van der Waals surface area (Å²) in [5.74, 6) is -1.08. The lowest BCUT2D eigenvalue weighted by Crippen LogP contribution is -2.36. The van der Waals surface area contributed by atoms with E-state index in [1.165, 1.54) is 0 Å². The van der Waals surface area contributed by atoms with Crippen molar-refractivity contribution in [2.75, 3.05) is 13.1 Å². The van der Waals surface area contributed by atoms with E-state index in [0.29, 0.717) is 11.1 Å². The van der Waals surface area contributed by atoms with Crippen molar-refractivity contribution in [3.63, 3.8) is 0 Å². The van der Waals surface area contributed by atoms with Gasteiger partial charge in [0.2, 0.25) is 5.91 Å². The second-order valence-corrected chi connectivity index (χ2v) is 5.77. The summed E-state index contributed by atoms with van der Waals surface area (Å²) in [5.41, 5.74) is 0.700. The molecule has 1 aromatic carbocycles. The number of hydrogen-bond acceptors (Lipinski definition) is 4. The molecule has 2 rings (SSSR count). The van der Waals surface area contributed by atoms with E-state index < -0.39 is 6.10 Å². The van der Waals surface area contributed by atoms with Crippen molar-refractivity contribution < 1.29 is 19.5 Å². The Morgan fingerprint density at radius 3 is 2.67 bits per heavy atom. The molecule has 1 heterocycles. The van der Waals surface area contributed by atoms with Gasteiger partial charge < -0.3 is 10.4 Å². The van der Waals surface area contributed by atoms with Crippen LogP contribution in [0.15, 0.2) is 22.7 Å². The number of fused-ring (bicyclic) bond motifs is 1. The van der Waals surface area contributed by atoms with Crippen LogP contribution in [0.2, 0.25) is 0 Å². The molecule has 0 aliphatic carbocycles. The Balaban J connectivity index is 1.99. The summed E-state index contributed by atoms with van der Waals surface area (Å²) >= 11 is 3.26. The number of carbonyl (C=O) groups excluding carboxylic acids is 3. The van der Waals surface area contributed by atoms with E-state index in [9.17, 15) is 14.4 Å². The number of hydrogen-bond donors (Lipinski definition) is 2. The standard InChI is InChI=1S/C14H15BrN2O4/c1-8(18)7-16-12(19)4-5-17-13(20)10-3-2-9(15)6-11(10)14(17)21/h2-3,6,8,18H,4-5,7H2,1H3,(H,16,19). The van der Waals surface area contributed by atoms with Crippen molar-refractivity contribution >= 4 is 33.7 Å². The maximum absolute atomic E-state index is 12.2. The van der Waals surface area contributed by atoms with Crippen molar-refractivity contribution in [3.05, 3.63) is 33.8 Å². The van der Waals surface area contributed by atoms with Gasteiger partial charge in [0.15, 0.2) is 0 Å². The van der Waals surface area contributed by atoms with Crippen LogP contribution in [0.3, 0.4) is 0 Å². The largest absolute Gasteiger partial charge is 0.392 e. The molecular weight excluding hydrogens is 340 g/mol. The monoisotopic (exact) mass is 354 g/mol. The Bertz CT molecular complexity index is 601. The molecule has 0 radical (unpaired) electrons. The molecule has 0 bridgehead atoms. The molecule has 21 heavy (non-hydrogen) atoms. The molecule has 0 saturated heterocycles. The van der Waals surface area contributed by atoms with Crippen LogP contribution in [0, 0.1) is 0 Å². The third kappa shape index (κ3) is 3.48. The molecule has 1 atom stereocenters. The lowest BCUT2D eigenvalue weighted by Gasteiger charge is -2.13. The highest BCUT2D eigenvalue weighted by Crippen LogP contribution is 2.25. The van der Waals surface area contributed by atoms with Crippen LogP contribution in [0.5, 0.6) is 0 Å². The van der Waals surface area contributed by atoms with Crippen LogP contribution in [0.4, 0.5) is 0 Å². The second kappa shape index (κ2) is 6.36. The maximum atomic E-state index is 12.2. The first-order valence-corrected chi connectivity index (χ1v) is 7.30. The van der Waals surface area contributed by atoms with Crippen LogP contribution < -0.4 is 5.32 Å². The summed E-state index contributed by atoms with van der Waals surface area (Å²) in [6.07, 6.45) is -0.620. The van der Waals surface area contributed by atoms with E-state index in [1.54, 1.807) is 25.1 Å². The van der Waals surface area contributed by atoms with Crippen molar-refractivity contribution in [2.24, 2.45) is 0 Å². The lowest BCUT2D eigenvalue weighted by atomic mass is 10.1. The predicted octanol–water partition coefficient (Wildman–Crippen LogP) is 0.932. The first-order valence-electron chi connectivity index (χ1n) is 6.50. The predicted molar refractivity (Wildman–Crippen MR) is 78.8 cm³/mol. The molecule has 1 aromatic rings. The molecule has 0 spiro atoms. The summed E-state index contributed by atoms with van der Waals surface area (Å²) < 4.78 is 0.721. The number of halogens is 1. The van der Waals surface area contributed by atoms with Crippen molar-refractivity contribution in [3.8, 4) is 0 Å². The minimum Gasteiger partial charge on any atom is -0.392 e. The molecule has 7 heteroatoms. The van der Waals surface area contributed by atoms with Crippen LogP contribution in [-0.2, 0) is 4.79 Å². The number of nitrogens with one attached hydrogen (secondary N) is 1. The summed E-state index contributed by atoms with van der Waals surface area (Å²) in [5, 5.41) is 11.6. The van der Waals surface area contributed by atoms with E-state index in [-0.39, 0.29) is 37.2 Å². The van der Waals surface area contributed by atoms with Crippen molar-refractivity contribution in [2.45, 2.75) is 19.4 Å². The summed E-state index contributed by atoms with van der Waals surface area (Å²) in [7, 11) is 0. The highest BCUT2D eigenvalue weighted by atomic mass is 79.9. The SMILES string of the molecule is CC(O)CNC(=O)CCN1C(=O)c2ccc(Br)cc2C1=O. The van der Waals surface area contributed by atoms with Crippen LogP contribution in [0.1, 0.15) is 34.1 Å². The number of nitrogens with zero attached hydrogens (tertiary/aromatic N) is 1. The Morgan fingerprint density at radius 1 is 1.33 bits per heavy atom. The molecule has 1 unspecified atom stereocenters. The van der Waals surface area contributed by atoms with E-state index in [0.717, 1.165) is 9.37 Å². The zero-order valence-corrected chi connectivity index (χ0v) is 13.0. The molecular formula is C14H15BrN2O4. The van der Waals surface area contributed by atoms with Gasteiger partial charge in [0.1, 0.15) is 0 Å². The van der Waals surface area contributed by atoms with Gasteiger partial charge in [0, 0.05) is 24.0 Å². The number of amides is 3. The van der Waals surface area contributed by atoms with E-state index in [4.69, 9.17) is 5.11 Å². The molecule has 6 nitrogen and oxygen atoms in total. The van der Waals surface area contributed by atoms with Gasteiger partial charge in [-0.05, 0) is 25.1 Å². The fourth-order valence-corrected chi connectivity index (χ4v) is 2.39. The lowest BCUT2D eigenvalue weighted by molar-refractivity contribution is -0.121. The average molecular weight is 355 g/mol. The van der Waals surface area contributed by atoms with Gasteiger partial charge in [-0.25, -0.2) is 0 Å². The van der Waals surface area contributed by atoms with E-state index in [1.807, 2.05) is 0 Å².